The summed E-state index contributed by atoms with van der Waals surface area (Å²) in [6, 6.07) is 0.380. The molecule has 0 saturated carbocycles. The maximum absolute atomic E-state index is 6.90. The van der Waals surface area contributed by atoms with E-state index in [-0.39, 0.29) is 12.0 Å². The van der Waals surface area contributed by atoms with Crippen molar-refractivity contribution in [2.75, 3.05) is 39.6 Å². The van der Waals surface area contributed by atoms with Gasteiger partial charge in [-0.3, -0.25) is 0 Å². The van der Waals surface area contributed by atoms with Crippen LogP contribution in [-0.4, -0.2) is 103 Å². The zero-order valence-corrected chi connectivity index (χ0v) is 31.2. The highest BCUT2D eigenvalue weighted by Gasteiger charge is 2.49. The SMILES string of the molecule is CC.[B]C(=C([B])[C@H]1CCC(C)CN1)c1nn(CC2CCCN2C)c2nc(-c3noc4c3CCCC4C3(CCCC)OCCO3)nc(SC)c12. The minimum absolute atomic E-state index is 0.00960. The van der Waals surface area contributed by atoms with Crippen LogP contribution in [0.4, 0.5) is 0 Å². The molecule has 0 amide bonds. The zero-order valence-electron chi connectivity index (χ0n) is 30.4. The molecule has 3 aromatic rings. The van der Waals surface area contributed by atoms with Gasteiger partial charge in [0, 0.05) is 24.1 Å². The van der Waals surface area contributed by atoms with Crippen molar-refractivity contribution in [3.05, 3.63) is 22.5 Å². The Morgan fingerprint density at radius 3 is 2.55 bits per heavy atom. The largest absolute Gasteiger partial charge is 0.360 e. The molecule has 10 nitrogen and oxygen atoms in total. The Morgan fingerprint density at radius 2 is 1.88 bits per heavy atom. The quantitative estimate of drug-likeness (QED) is 0.154. The van der Waals surface area contributed by atoms with Crippen molar-refractivity contribution in [3.8, 4) is 11.5 Å². The summed E-state index contributed by atoms with van der Waals surface area (Å²) in [6.07, 6.45) is 12.1. The van der Waals surface area contributed by atoms with Crippen molar-refractivity contribution in [3.63, 3.8) is 0 Å². The van der Waals surface area contributed by atoms with Crippen molar-refractivity contribution < 1.29 is 14.0 Å². The predicted molar refractivity (Wildman–Crippen MR) is 198 cm³/mol. The smallest absolute Gasteiger partial charge is 0.185 e. The fourth-order valence-electron chi connectivity index (χ4n) is 8.07. The van der Waals surface area contributed by atoms with E-state index in [2.05, 4.69) is 36.3 Å². The summed E-state index contributed by atoms with van der Waals surface area (Å²) < 4.78 is 20.9. The Labute approximate surface area is 299 Å². The van der Waals surface area contributed by atoms with Gasteiger partial charge in [0.05, 0.1) is 36.8 Å². The van der Waals surface area contributed by atoms with Crippen molar-refractivity contribution in [1.29, 1.82) is 0 Å². The third kappa shape index (κ3) is 7.16. The number of fused-ring (bicyclic) bond motifs is 2. The summed E-state index contributed by atoms with van der Waals surface area (Å²) in [4.78, 5) is 12.7. The highest BCUT2D eigenvalue weighted by Crippen LogP contribution is 2.48. The molecule has 3 aliphatic heterocycles. The first-order valence-electron chi connectivity index (χ1n) is 18.6. The molecule has 4 atom stereocenters. The van der Waals surface area contributed by atoms with Gasteiger partial charge in [0.25, 0.3) is 0 Å². The second-order valence-electron chi connectivity index (χ2n) is 14.0. The minimum Gasteiger partial charge on any atom is -0.360 e. The molecular weight excluding hydrogens is 632 g/mol. The molecule has 3 fully saturated rings. The lowest BCUT2D eigenvalue weighted by molar-refractivity contribution is -0.186. The fourth-order valence-corrected chi connectivity index (χ4v) is 8.64. The van der Waals surface area contributed by atoms with E-state index in [0.717, 1.165) is 98.3 Å². The van der Waals surface area contributed by atoms with Gasteiger partial charge in [0.15, 0.2) is 23.0 Å². The average molecular weight is 686 g/mol. The van der Waals surface area contributed by atoms with Gasteiger partial charge < -0.3 is 24.2 Å². The number of thioether (sulfide) groups is 1. The van der Waals surface area contributed by atoms with Gasteiger partial charge in [-0.25, -0.2) is 14.6 Å². The first-order valence-corrected chi connectivity index (χ1v) is 19.8. The molecular formula is C36H53B2N7O3S. The van der Waals surface area contributed by atoms with Gasteiger partial charge in [-0.2, -0.15) is 5.10 Å². The van der Waals surface area contributed by atoms with Crippen LogP contribution in [0.2, 0.25) is 0 Å². The molecule has 13 heteroatoms. The average Bonchev–Trinajstić information content (AvgIpc) is 3.95. The number of unbranched alkanes of at least 4 members (excludes halogenated alkanes) is 1. The number of aromatic nitrogens is 5. The van der Waals surface area contributed by atoms with Crippen LogP contribution in [0.25, 0.3) is 28.0 Å². The Kier molecular flexibility index (Phi) is 12.0. The summed E-state index contributed by atoms with van der Waals surface area (Å²) in [5.41, 5.74) is 4.31. The first kappa shape index (κ1) is 36.6. The van der Waals surface area contributed by atoms with Crippen molar-refractivity contribution in [2.24, 2.45) is 5.92 Å². The number of rotatable bonds is 10. The second kappa shape index (κ2) is 16.0. The molecule has 0 spiro atoms. The molecule has 6 heterocycles. The van der Waals surface area contributed by atoms with Gasteiger partial charge in [-0.05, 0) is 83.7 Å². The topological polar surface area (TPSA) is 103 Å². The first-order chi connectivity index (χ1) is 23.8. The van der Waals surface area contributed by atoms with E-state index < -0.39 is 5.79 Å². The van der Waals surface area contributed by atoms with Crippen LogP contribution < -0.4 is 5.32 Å². The lowest BCUT2D eigenvalue weighted by atomic mass is 9.72. The highest BCUT2D eigenvalue weighted by atomic mass is 32.2. The number of hydrogen-bond acceptors (Lipinski definition) is 10. The van der Waals surface area contributed by atoms with Crippen LogP contribution in [0.3, 0.4) is 0 Å². The minimum atomic E-state index is -0.660. The predicted octanol–water partition coefficient (Wildman–Crippen LogP) is 6.07. The Balaban J connectivity index is 0.00000205. The van der Waals surface area contributed by atoms with Gasteiger partial charge in [0.2, 0.25) is 0 Å². The van der Waals surface area contributed by atoms with E-state index in [1.54, 1.807) is 11.8 Å². The van der Waals surface area contributed by atoms with E-state index in [4.69, 9.17) is 44.8 Å². The molecule has 3 unspecified atom stereocenters. The third-order valence-electron chi connectivity index (χ3n) is 10.9. The van der Waals surface area contributed by atoms with E-state index in [0.29, 0.717) is 59.9 Å². The third-order valence-corrected chi connectivity index (χ3v) is 11.5. The van der Waals surface area contributed by atoms with Crippen LogP contribution in [0.5, 0.6) is 0 Å². The maximum atomic E-state index is 6.90. The fraction of sp³-hybridized carbons (Fsp3) is 0.722. The summed E-state index contributed by atoms with van der Waals surface area (Å²) >= 11 is 1.56. The number of hydrogen-bond donors (Lipinski definition) is 1. The molecule has 7 rings (SSSR count). The van der Waals surface area contributed by atoms with Crippen LogP contribution >= 0.6 is 11.8 Å². The summed E-state index contributed by atoms with van der Waals surface area (Å²) in [5.74, 6) is 1.36. The van der Waals surface area contributed by atoms with Crippen molar-refractivity contribution in [1.82, 2.24) is 35.1 Å². The Hall–Kier alpha value is -2.18. The molecule has 1 N–H and O–H groups in total. The Bertz CT molecular complexity index is 1610. The van der Waals surface area contributed by atoms with Crippen molar-refractivity contribution in [2.45, 2.75) is 127 Å². The van der Waals surface area contributed by atoms with E-state index in [1.165, 1.54) is 6.42 Å². The number of nitrogens with zero attached hydrogens (tertiary/aromatic N) is 6. The molecule has 4 radical (unpaired) electrons. The van der Waals surface area contributed by atoms with Gasteiger partial charge in [-0.1, -0.05) is 44.7 Å². The van der Waals surface area contributed by atoms with E-state index in [9.17, 15) is 0 Å². The molecule has 4 aliphatic rings. The molecule has 3 saturated heterocycles. The van der Waals surface area contributed by atoms with Crippen LogP contribution in [-0.2, 0) is 22.4 Å². The lowest BCUT2D eigenvalue weighted by Crippen LogP contribution is -2.39. The molecule has 262 valence electrons. The zero-order chi connectivity index (χ0) is 34.7. The molecule has 3 aromatic heterocycles. The number of piperidine rings is 1. The van der Waals surface area contributed by atoms with Crippen LogP contribution in [0.15, 0.2) is 15.0 Å². The highest BCUT2D eigenvalue weighted by molar-refractivity contribution is 7.98. The summed E-state index contributed by atoms with van der Waals surface area (Å²) in [6.45, 7) is 12.4. The Morgan fingerprint density at radius 1 is 1.08 bits per heavy atom. The van der Waals surface area contributed by atoms with Crippen LogP contribution in [0, 0.1) is 5.92 Å². The maximum Gasteiger partial charge on any atom is 0.185 e. The monoisotopic (exact) mass is 685 g/mol. The molecule has 0 bridgehead atoms. The number of ether oxygens (including phenoxy) is 2. The lowest BCUT2D eigenvalue weighted by Gasteiger charge is -2.36. The summed E-state index contributed by atoms with van der Waals surface area (Å²) in [7, 11) is 15.9. The molecule has 1 aliphatic carbocycles. The standard InChI is InChI=1S/C34H47B2N7O3S.C2H6/c1-5-6-14-34(44-16-17-45-34)23-11-7-10-22-28(41-46-30(22)23)31-38-32-25(33(39-31)47-4)29(40-43(32)19-21-9-8-15-42(21)3)27(36)26(35)24-13-12-20(2)18-37-24;1-2/h20-21,23-24,37H,5-19H2,1-4H3;1-2H3/t20?,21?,23?,24-;/m1./s1. The molecule has 49 heavy (non-hydrogen) atoms. The second-order valence-corrected chi connectivity index (χ2v) is 14.8. The number of likely N-dealkylation sites (tertiary alicyclic amines) is 1. The van der Waals surface area contributed by atoms with Gasteiger partial charge >= 0.3 is 0 Å². The van der Waals surface area contributed by atoms with Gasteiger partial charge in [0.1, 0.15) is 26.5 Å². The van der Waals surface area contributed by atoms with Gasteiger partial charge in [-0.15, -0.1) is 17.2 Å². The number of nitrogens with one attached hydrogen (secondary N) is 1. The normalized spacial score (nSPS) is 26.0. The van der Waals surface area contributed by atoms with E-state index >= 15 is 0 Å². The van der Waals surface area contributed by atoms with Crippen LogP contribution in [0.1, 0.15) is 108 Å². The van der Waals surface area contributed by atoms with E-state index in [1.807, 2.05) is 24.8 Å². The summed E-state index contributed by atoms with van der Waals surface area (Å²) in [5, 5.41) is 15.0. The van der Waals surface area contributed by atoms with Crippen molar-refractivity contribution >= 4 is 44.0 Å². The number of likely N-dealkylation sites (N-methyl/N-ethyl adjacent to an activating group) is 1. The molecule has 0 aromatic carbocycles.